The molecular weight excluding hydrogens is 254 g/mol. The zero-order chi connectivity index (χ0) is 13.1. The number of aryl methyl sites for hydroxylation is 1. The molecule has 18 heavy (non-hydrogen) atoms. The maximum atomic E-state index is 11.0. The van der Waals surface area contributed by atoms with Gasteiger partial charge in [0.1, 0.15) is 0 Å². The fourth-order valence-electron chi connectivity index (χ4n) is 1.46. The lowest BCUT2D eigenvalue weighted by molar-refractivity contribution is 0.0696. The summed E-state index contributed by atoms with van der Waals surface area (Å²) in [5.74, 6) is -0.460. The topological polar surface area (TPSA) is 75.1 Å². The molecule has 2 rings (SSSR count). The van der Waals surface area contributed by atoms with E-state index in [-0.39, 0.29) is 5.56 Å². The molecule has 0 saturated carbocycles. The number of benzene rings is 1. The normalized spacial score (nSPS) is 10.1. The van der Waals surface area contributed by atoms with Crippen molar-refractivity contribution >= 4 is 29.1 Å². The van der Waals surface area contributed by atoms with Crippen molar-refractivity contribution in [3.8, 4) is 0 Å². The van der Waals surface area contributed by atoms with Crippen LogP contribution in [0.3, 0.4) is 0 Å². The van der Waals surface area contributed by atoms with Gasteiger partial charge in [-0.05, 0) is 36.8 Å². The number of aromatic carboxylic acids is 1. The summed E-state index contributed by atoms with van der Waals surface area (Å²) in [6.45, 7) is 1.75. The van der Waals surface area contributed by atoms with Gasteiger partial charge in [0.2, 0.25) is 0 Å². The van der Waals surface area contributed by atoms with Crippen LogP contribution < -0.4 is 5.32 Å². The molecule has 6 heteroatoms. The standard InChI is InChI=1S/C12H10ClN3O2/c1-7-2-3-8(6-9(7)12(17)18)14-11-5-4-10(13)15-16-11/h2-6H,1H3,(H,14,16)(H,17,18). The molecule has 1 aromatic carbocycles. The molecule has 92 valence electrons. The summed E-state index contributed by atoms with van der Waals surface area (Å²) >= 11 is 5.62. The number of halogens is 1. The van der Waals surface area contributed by atoms with Crippen molar-refractivity contribution < 1.29 is 9.90 Å². The van der Waals surface area contributed by atoms with Crippen LogP contribution >= 0.6 is 11.6 Å². The van der Waals surface area contributed by atoms with Gasteiger partial charge in [0.05, 0.1) is 5.56 Å². The molecule has 0 aliphatic rings. The summed E-state index contributed by atoms with van der Waals surface area (Å²) in [5, 5.41) is 19.8. The molecule has 0 spiro atoms. The third kappa shape index (κ3) is 2.75. The Labute approximate surface area is 108 Å². The van der Waals surface area contributed by atoms with Crippen LogP contribution in [0.5, 0.6) is 0 Å². The van der Waals surface area contributed by atoms with Crippen LogP contribution in [0.2, 0.25) is 5.15 Å². The Morgan fingerprint density at radius 1 is 1.28 bits per heavy atom. The molecular formula is C12H10ClN3O2. The van der Waals surface area contributed by atoms with E-state index in [0.29, 0.717) is 22.2 Å². The highest BCUT2D eigenvalue weighted by molar-refractivity contribution is 6.29. The highest BCUT2D eigenvalue weighted by Crippen LogP contribution is 2.19. The molecule has 2 N–H and O–H groups in total. The predicted molar refractivity (Wildman–Crippen MR) is 68.5 cm³/mol. The van der Waals surface area contributed by atoms with E-state index in [9.17, 15) is 4.79 Å². The summed E-state index contributed by atoms with van der Waals surface area (Å²) < 4.78 is 0. The Balaban J connectivity index is 2.27. The first-order valence-corrected chi connectivity index (χ1v) is 5.54. The first-order chi connectivity index (χ1) is 8.56. The molecule has 1 heterocycles. The highest BCUT2D eigenvalue weighted by Gasteiger charge is 2.08. The number of carboxylic acids is 1. The van der Waals surface area contributed by atoms with Gasteiger partial charge in [-0.15, -0.1) is 10.2 Å². The first kappa shape index (κ1) is 12.3. The fourth-order valence-corrected chi connectivity index (χ4v) is 1.56. The number of carboxylic acid groups (broad SMARTS) is 1. The van der Waals surface area contributed by atoms with Crippen molar-refractivity contribution in [1.82, 2.24) is 10.2 Å². The van der Waals surface area contributed by atoms with E-state index in [1.54, 1.807) is 37.3 Å². The molecule has 0 unspecified atom stereocenters. The lowest BCUT2D eigenvalue weighted by atomic mass is 10.1. The van der Waals surface area contributed by atoms with Gasteiger partial charge in [-0.1, -0.05) is 17.7 Å². The number of nitrogens with one attached hydrogen (secondary N) is 1. The fraction of sp³-hybridized carbons (Fsp3) is 0.0833. The van der Waals surface area contributed by atoms with Crippen LogP contribution in [0.1, 0.15) is 15.9 Å². The average molecular weight is 264 g/mol. The lowest BCUT2D eigenvalue weighted by Gasteiger charge is -2.07. The summed E-state index contributed by atoms with van der Waals surface area (Å²) in [6, 6.07) is 8.32. The summed E-state index contributed by atoms with van der Waals surface area (Å²) in [5.41, 5.74) is 1.59. The van der Waals surface area contributed by atoms with Crippen molar-refractivity contribution in [2.75, 3.05) is 5.32 Å². The van der Waals surface area contributed by atoms with Crippen LogP contribution in [0, 0.1) is 6.92 Å². The molecule has 0 bridgehead atoms. The van der Waals surface area contributed by atoms with Crippen molar-refractivity contribution in [2.24, 2.45) is 0 Å². The number of anilines is 2. The monoisotopic (exact) mass is 263 g/mol. The maximum absolute atomic E-state index is 11.0. The summed E-state index contributed by atoms with van der Waals surface area (Å²) in [4.78, 5) is 11.0. The largest absolute Gasteiger partial charge is 0.478 e. The maximum Gasteiger partial charge on any atom is 0.336 e. The van der Waals surface area contributed by atoms with E-state index < -0.39 is 5.97 Å². The SMILES string of the molecule is Cc1ccc(Nc2ccc(Cl)nn2)cc1C(=O)O. The van der Waals surface area contributed by atoms with E-state index in [1.165, 1.54) is 0 Å². The van der Waals surface area contributed by atoms with Gasteiger partial charge in [-0.3, -0.25) is 0 Å². The number of hydrogen-bond acceptors (Lipinski definition) is 4. The average Bonchev–Trinajstić information content (AvgIpc) is 2.34. The lowest BCUT2D eigenvalue weighted by Crippen LogP contribution is -2.02. The van der Waals surface area contributed by atoms with Gasteiger partial charge in [0.25, 0.3) is 0 Å². The van der Waals surface area contributed by atoms with Crippen LogP contribution in [0.15, 0.2) is 30.3 Å². The van der Waals surface area contributed by atoms with Crippen molar-refractivity contribution in [3.05, 3.63) is 46.6 Å². The number of aromatic nitrogens is 2. The van der Waals surface area contributed by atoms with Crippen molar-refractivity contribution in [2.45, 2.75) is 6.92 Å². The second-order valence-electron chi connectivity index (χ2n) is 3.70. The molecule has 0 fully saturated rings. The quantitative estimate of drug-likeness (QED) is 0.891. The number of nitrogens with zero attached hydrogens (tertiary/aromatic N) is 2. The minimum absolute atomic E-state index is 0.252. The summed E-state index contributed by atoms with van der Waals surface area (Å²) in [7, 11) is 0. The first-order valence-electron chi connectivity index (χ1n) is 5.16. The zero-order valence-electron chi connectivity index (χ0n) is 9.51. The molecule has 0 amide bonds. The molecule has 0 saturated heterocycles. The Kier molecular flexibility index (Phi) is 3.43. The Morgan fingerprint density at radius 3 is 2.67 bits per heavy atom. The number of hydrogen-bond donors (Lipinski definition) is 2. The predicted octanol–water partition coefficient (Wildman–Crippen LogP) is 2.88. The number of carbonyl (C=O) groups is 1. The molecule has 0 aliphatic carbocycles. The van der Waals surface area contributed by atoms with Gasteiger partial charge >= 0.3 is 5.97 Å². The van der Waals surface area contributed by atoms with Crippen LogP contribution in [0.25, 0.3) is 0 Å². The molecule has 2 aromatic rings. The van der Waals surface area contributed by atoms with Gasteiger partial charge < -0.3 is 10.4 Å². The Bertz CT molecular complexity index is 584. The minimum atomic E-state index is -0.960. The third-order valence-electron chi connectivity index (χ3n) is 2.37. The summed E-state index contributed by atoms with van der Waals surface area (Å²) in [6.07, 6.45) is 0. The molecule has 0 atom stereocenters. The van der Waals surface area contributed by atoms with Gasteiger partial charge in [-0.25, -0.2) is 4.79 Å². The second kappa shape index (κ2) is 5.01. The minimum Gasteiger partial charge on any atom is -0.478 e. The second-order valence-corrected chi connectivity index (χ2v) is 4.09. The van der Waals surface area contributed by atoms with Crippen LogP contribution in [-0.2, 0) is 0 Å². The Morgan fingerprint density at radius 2 is 2.06 bits per heavy atom. The van der Waals surface area contributed by atoms with Crippen LogP contribution in [-0.4, -0.2) is 21.3 Å². The smallest absolute Gasteiger partial charge is 0.336 e. The Hall–Kier alpha value is -2.14. The van der Waals surface area contributed by atoms with E-state index in [0.717, 1.165) is 0 Å². The van der Waals surface area contributed by atoms with E-state index >= 15 is 0 Å². The molecule has 1 aromatic heterocycles. The zero-order valence-corrected chi connectivity index (χ0v) is 10.3. The molecule has 0 radical (unpaired) electrons. The van der Waals surface area contributed by atoms with Gasteiger partial charge in [0.15, 0.2) is 11.0 Å². The number of rotatable bonds is 3. The van der Waals surface area contributed by atoms with Gasteiger partial charge in [-0.2, -0.15) is 0 Å². The van der Waals surface area contributed by atoms with Crippen molar-refractivity contribution in [1.29, 1.82) is 0 Å². The van der Waals surface area contributed by atoms with Crippen molar-refractivity contribution in [3.63, 3.8) is 0 Å². The molecule has 5 nitrogen and oxygen atoms in total. The third-order valence-corrected chi connectivity index (χ3v) is 2.57. The molecule has 0 aliphatic heterocycles. The van der Waals surface area contributed by atoms with E-state index in [2.05, 4.69) is 15.5 Å². The highest BCUT2D eigenvalue weighted by atomic mass is 35.5. The van der Waals surface area contributed by atoms with Gasteiger partial charge in [0, 0.05) is 5.69 Å². The van der Waals surface area contributed by atoms with Crippen LogP contribution in [0.4, 0.5) is 11.5 Å². The van der Waals surface area contributed by atoms with E-state index in [1.807, 2.05) is 0 Å². The van der Waals surface area contributed by atoms with E-state index in [4.69, 9.17) is 16.7 Å².